The van der Waals surface area contributed by atoms with Gasteiger partial charge in [0, 0.05) is 20.2 Å². The third-order valence-electron chi connectivity index (χ3n) is 4.05. The molecule has 0 radical (unpaired) electrons. The van der Waals surface area contributed by atoms with E-state index in [1.54, 1.807) is 0 Å². The highest BCUT2D eigenvalue weighted by Gasteiger charge is 2.36. The third kappa shape index (κ3) is 2.29. The van der Waals surface area contributed by atoms with Crippen molar-refractivity contribution >= 4 is 0 Å². The van der Waals surface area contributed by atoms with Crippen molar-refractivity contribution in [3.63, 3.8) is 0 Å². The second-order valence-electron chi connectivity index (χ2n) is 5.03. The highest BCUT2D eigenvalue weighted by atomic mass is 16.5. The van der Waals surface area contributed by atoms with Gasteiger partial charge in [-0.05, 0) is 12.3 Å². The van der Waals surface area contributed by atoms with Crippen LogP contribution in [0.15, 0.2) is 0 Å². The summed E-state index contributed by atoms with van der Waals surface area (Å²) in [5.74, 6) is 1.04. The molecule has 2 fully saturated rings. The van der Waals surface area contributed by atoms with Gasteiger partial charge in [-0.3, -0.25) is 0 Å². The molecule has 2 heteroatoms. The lowest BCUT2D eigenvalue weighted by Gasteiger charge is -2.41. The smallest absolute Gasteiger partial charge is 0.0926 e. The Morgan fingerprint density at radius 2 is 2.00 bits per heavy atom. The first-order chi connectivity index (χ1) is 6.85. The predicted molar refractivity (Wildman–Crippen MR) is 58.4 cm³/mol. The summed E-state index contributed by atoms with van der Waals surface area (Å²) in [6, 6.07) is 0. The molecule has 1 heterocycles. The fraction of sp³-hybridized carbons (Fsp3) is 1.00. The molecule has 0 bridgehead atoms. The summed E-state index contributed by atoms with van der Waals surface area (Å²) >= 11 is 0. The zero-order chi connectivity index (χ0) is 9.86. The van der Waals surface area contributed by atoms with E-state index in [4.69, 9.17) is 4.74 Å². The van der Waals surface area contributed by atoms with Gasteiger partial charge >= 0.3 is 0 Å². The molecule has 14 heavy (non-hydrogen) atoms. The van der Waals surface area contributed by atoms with Gasteiger partial charge in [0.05, 0.1) is 5.60 Å². The van der Waals surface area contributed by atoms with E-state index in [0.29, 0.717) is 0 Å². The summed E-state index contributed by atoms with van der Waals surface area (Å²) in [5.41, 5.74) is 0.207. The Morgan fingerprint density at radius 1 is 1.29 bits per heavy atom. The van der Waals surface area contributed by atoms with Crippen molar-refractivity contribution in [3.8, 4) is 0 Å². The summed E-state index contributed by atoms with van der Waals surface area (Å²) < 4.78 is 5.58. The minimum Gasteiger partial charge on any atom is -0.376 e. The molecule has 1 aliphatic heterocycles. The maximum Gasteiger partial charge on any atom is 0.0926 e. The quantitative estimate of drug-likeness (QED) is 0.730. The third-order valence-corrected chi connectivity index (χ3v) is 4.05. The van der Waals surface area contributed by atoms with Crippen molar-refractivity contribution < 1.29 is 4.74 Å². The van der Waals surface area contributed by atoms with Crippen LogP contribution >= 0.6 is 0 Å². The summed E-state index contributed by atoms with van der Waals surface area (Å²) in [6.07, 6.45) is 9.97. The zero-order valence-corrected chi connectivity index (χ0v) is 9.35. The second kappa shape index (κ2) is 4.63. The Kier molecular flexibility index (Phi) is 3.45. The van der Waals surface area contributed by atoms with Gasteiger partial charge < -0.3 is 10.1 Å². The highest BCUT2D eigenvalue weighted by Crippen LogP contribution is 2.31. The van der Waals surface area contributed by atoms with E-state index in [0.717, 1.165) is 19.0 Å². The molecule has 1 N–H and O–H groups in total. The van der Waals surface area contributed by atoms with E-state index >= 15 is 0 Å². The van der Waals surface area contributed by atoms with Crippen molar-refractivity contribution in [2.75, 3.05) is 20.2 Å². The molecule has 0 atom stereocenters. The summed E-state index contributed by atoms with van der Waals surface area (Å²) in [4.78, 5) is 0. The average molecular weight is 197 g/mol. The lowest BCUT2D eigenvalue weighted by molar-refractivity contribution is -0.0590. The van der Waals surface area contributed by atoms with Crippen LogP contribution in [0.3, 0.4) is 0 Å². The van der Waals surface area contributed by atoms with E-state index in [1.807, 2.05) is 7.11 Å². The average Bonchev–Trinajstić information content (AvgIpc) is 2.62. The molecule has 0 aromatic heterocycles. The van der Waals surface area contributed by atoms with Crippen LogP contribution in [0.4, 0.5) is 0 Å². The number of rotatable bonds is 5. The molecule has 2 aliphatic rings. The van der Waals surface area contributed by atoms with E-state index < -0.39 is 0 Å². The Labute approximate surface area is 87.4 Å². The van der Waals surface area contributed by atoms with Gasteiger partial charge in [0.25, 0.3) is 0 Å². The fourth-order valence-corrected chi connectivity index (χ4v) is 2.84. The van der Waals surface area contributed by atoms with Gasteiger partial charge in [-0.15, -0.1) is 0 Å². The van der Waals surface area contributed by atoms with Crippen molar-refractivity contribution in [2.45, 2.75) is 50.5 Å². The maximum atomic E-state index is 5.58. The highest BCUT2D eigenvalue weighted by molar-refractivity contribution is 4.94. The van der Waals surface area contributed by atoms with Crippen LogP contribution in [-0.2, 0) is 4.74 Å². The number of hydrogen-bond acceptors (Lipinski definition) is 2. The lowest BCUT2D eigenvalue weighted by atomic mass is 9.88. The number of ether oxygens (including phenoxy) is 1. The van der Waals surface area contributed by atoms with E-state index in [-0.39, 0.29) is 5.60 Å². The molecule has 1 saturated carbocycles. The van der Waals surface area contributed by atoms with Crippen molar-refractivity contribution in [2.24, 2.45) is 5.92 Å². The van der Waals surface area contributed by atoms with Gasteiger partial charge in [-0.2, -0.15) is 0 Å². The molecular formula is C12H23NO. The van der Waals surface area contributed by atoms with Gasteiger partial charge in [-0.1, -0.05) is 38.5 Å². The molecule has 2 rings (SSSR count). The van der Waals surface area contributed by atoms with Crippen molar-refractivity contribution in [3.05, 3.63) is 0 Å². The number of hydrogen-bond donors (Lipinski definition) is 1. The van der Waals surface area contributed by atoms with Crippen LogP contribution in [0, 0.1) is 5.92 Å². The molecule has 0 spiro atoms. The molecule has 82 valence electrons. The molecule has 0 amide bonds. The Bertz CT molecular complexity index is 166. The van der Waals surface area contributed by atoms with Crippen LogP contribution in [0.1, 0.15) is 44.9 Å². The zero-order valence-electron chi connectivity index (χ0n) is 9.35. The van der Waals surface area contributed by atoms with E-state index in [9.17, 15) is 0 Å². The molecule has 1 aliphatic carbocycles. The van der Waals surface area contributed by atoms with Crippen LogP contribution in [-0.4, -0.2) is 25.8 Å². The molecule has 2 nitrogen and oxygen atoms in total. The minimum atomic E-state index is 0.207. The predicted octanol–water partition coefficient (Wildman–Crippen LogP) is 2.34. The van der Waals surface area contributed by atoms with Crippen molar-refractivity contribution in [1.82, 2.24) is 5.32 Å². The second-order valence-corrected chi connectivity index (χ2v) is 5.03. The van der Waals surface area contributed by atoms with Gasteiger partial charge in [0.2, 0.25) is 0 Å². The summed E-state index contributed by atoms with van der Waals surface area (Å²) in [7, 11) is 1.86. The van der Waals surface area contributed by atoms with Crippen LogP contribution < -0.4 is 5.32 Å². The SMILES string of the molecule is COC1(CCCC2CCCC2)CNC1. The van der Waals surface area contributed by atoms with E-state index in [2.05, 4.69) is 5.32 Å². The van der Waals surface area contributed by atoms with Crippen LogP contribution in [0.25, 0.3) is 0 Å². The topological polar surface area (TPSA) is 21.3 Å². The Balaban J connectivity index is 1.61. The fourth-order valence-electron chi connectivity index (χ4n) is 2.84. The van der Waals surface area contributed by atoms with Gasteiger partial charge in [-0.25, -0.2) is 0 Å². The molecular weight excluding hydrogens is 174 g/mol. The first kappa shape index (κ1) is 10.4. The maximum absolute atomic E-state index is 5.58. The largest absolute Gasteiger partial charge is 0.376 e. The van der Waals surface area contributed by atoms with Gasteiger partial charge in [0.1, 0.15) is 0 Å². The minimum absolute atomic E-state index is 0.207. The van der Waals surface area contributed by atoms with Crippen molar-refractivity contribution in [1.29, 1.82) is 0 Å². The van der Waals surface area contributed by atoms with Crippen LogP contribution in [0.2, 0.25) is 0 Å². The normalized spacial score (nSPS) is 26.4. The van der Waals surface area contributed by atoms with Crippen LogP contribution in [0.5, 0.6) is 0 Å². The summed E-state index contributed by atoms with van der Waals surface area (Å²) in [5, 5.41) is 3.31. The van der Waals surface area contributed by atoms with Gasteiger partial charge in [0.15, 0.2) is 0 Å². The lowest BCUT2D eigenvalue weighted by Crippen LogP contribution is -2.60. The first-order valence-electron chi connectivity index (χ1n) is 6.10. The molecule has 0 aromatic carbocycles. The monoisotopic (exact) mass is 197 g/mol. The Morgan fingerprint density at radius 3 is 2.50 bits per heavy atom. The molecule has 1 saturated heterocycles. The number of nitrogens with one attached hydrogen (secondary N) is 1. The number of methoxy groups -OCH3 is 1. The Hall–Kier alpha value is -0.0800. The van der Waals surface area contributed by atoms with E-state index in [1.165, 1.54) is 44.9 Å². The molecule has 0 unspecified atom stereocenters. The summed E-state index contributed by atoms with van der Waals surface area (Å²) in [6.45, 7) is 2.13. The first-order valence-corrected chi connectivity index (χ1v) is 6.10. The molecule has 0 aromatic rings. The standard InChI is InChI=1S/C12H23NO/c1-14-12(9-13-10-12)8-4-7-11-5-2-3-6-11/h11,13H,2-10H2,1H3.